The fraction of sp³-hybridized carbons (Fsp3) is 0.154. The van der Waals surface area contributed by atoms with Gasteiger partial charge in [-0.3, -0.25) is 9.71 Å². The molecule has 99 valence electrons. The molecule has 1 radical (unpaired) electrons. The van der Waals surface area contributed by atoms with Crippen LogP contribution in [0.4, 0.5) is 5.69 Å². The smallest absolute Gasteiger partial charge is 0.229 e. The minimum absolute atomic E-state index is 0.123. The third kappa shape index (κ3) is 3.52. The van der Waals surface area contributed by atoms with E-state index in [1.165, 1.54) is 0 Å². The monoisotopic (exact) mass is 277 g/mol. The average Bonchev–Trinajstić information content (AvgIpc) is 2.37. The van der Waals surface area contributed by atoms with Gasteiger partial charge in [0.15, 0.2) is 0 Å². The number of aliphatic hydroxyl groups is 1. The van der Waals surface area contributed by atoms with E-state index in [0.29, 0.717) is 22.4 Å². The zero-order valence-corrected chi connectivity index (χ0v) is 11.1. The van der Waals surface area contributed by atoms with Crippen LogP contribution in [-0.2, 0) is 16.6 Å². The zero-order chi connectivity index (χ0) is 13.9. The molecule has 0 bridgehead atoms. The van der Waals surface area contributed by atoms with Gasteiger partial charge in [0.1, 0.15) is 0 Å². The first-order valence-corrected chi connectivity index (χ1v) is 7.42. The van der Waals surface area contributed by atoms with Crippen molar-refractivity contribution in [2.75, 3.05) is 11.0 Å². The largest absolute Gasteiger partial charge is 0.392 e. The van der Waals surface area contributed by atoms with Gasteiger partial charge in [-0.25, -0.2) is 8.42 Å². The van der Waals surface area contributed by atoms with E-state index in [0.717, 1.165) is 6.26 Å². The molecule has 5 nitrogen and oxygen atoms in total. The van der Waals surface area contributed by atoms with Gasteiger partial charge < -0.3 is 5.11 Å². The van der Waals surface area contributed by atoms with Crippen LogP contribution in [0.5, 0.6) is 0 Å². The molecular formula is C13H13N2O3S. The standard InChI is InChI=1S/C13H13N2O3S/c1-19(17,18)15-13-5-3-2-4-12(13)11-6-10(9-16)7-14-8-11/h2-3,5-8,15-16H,9H2,1H3. The number of hydrogen-bond donors (Lipinski definition) is 2. The molecule has 1 aromatic carbocycles. The van der Waals surface area contributed by atoms with Crippen LogP contribution in [0, 0.1) is 6.07 Å². The van der Waals surface area contributed by atoms with Crippen molar-refractivity contribution < 1.29 is 13.5 Å². The van der Waals surface area contributed by atoms with Gasteiger partial charge in [-0.15, -0.1) is 0 Å². The molecule has 2 aromatic rings. The van der Waals surface area contributed by atoms with Crippen molar-refractivity contribution in [3.8, 4) is 11.1 Å². The lowest BCUT2D eigenvalue weighted by Crippen LogP contribution is -2.10. The maximum absolute atomic E-state index is 11.3. The summed E-state index contributed by atoms with van der Waals surface area (Å²) >= 11 is 0. The number of benzene rings is 1. The molecule has 0 unspecified atom stereocenters. The molecule has 0 fully saturated rings. The molecule has 0 atom stereocenters. The fourth-order valence-electron chi connectivity index (χ4n) is 1.67. The second-order valence-electron chi connectivity index (χ2n) is 4.07. The Balaban J connectivity index is 2.49. The Kier molecular flexibility index (Phi) is 3.82. The fourth-order valence-corrected chi connectivity index (χ4v) is 2.24. The lowest BCUT2D eigenvalue weighted by Gasteiger charge is -2.10. The van der Waals surface area contributed by atoms with Crippen molar-refractivity contribution >= 4 is 15.7 Å². The van der Waals surface area contributed by atoms with Crippen LogP contribution in [0.25, 0.3) is 11.1 Å². The van der Waals surface area contributed by atoms with Gasteiger partial charge in [0.2, 0.25) is 10.0 Å². The molecule has 2 N–H and O–H groups in total. The van der Waals surface area contributed by atoms with E-state index in [4.69, 9.17) is 5.11 Å². The summed E-state index contributed by atoms with van der Waals surface area (Å²) in [6.45, 7) is -0.123. The molecule has 0 aliphatic rings. The highest BCUT2D eigenvalue weighted by atomic mass is 32.2. The molecular weight excluding hydrogens is 264 g/mol. The molecule has 1 aromatic heterocycles. The molecule has 0 spiro atoms. The van der Waals surface area contributed by atoms with Crippen molar-refractivity contribution in [1.82, 2.24) is 4.98 Å². The Hall–Kier alpha value is -1.92. The number of sulfonamides is 1. The number of rotatable bonds is 4. The van der Waals surface area contributed by atoms with Crippen LogP contribution in [0.2, 0.25) is 0 Å². The molecule has 0 saturated heterocycles. The van der Waals surface area contributed by atoms with Crippen LogP contribution < -0.4 is 4.72 Å². The topological polar surface area (TPSA) is 79.3 Å². The van der Waals surface area contributed by atoms with Crippen molar-refractivity contribution in [3.05, 3.63) is 48.3 Å². The maximum atomic E-state index is 11.3. The number of aliphatic hydroxyl groups excluding tert-OH is 1. The lowest BCUT2D eigenvalue weighted by molar-refractivity contribution is 0.281. The summed E-state index contributed by atoms with van der Waals surface area (Å²) in [4.78, 5) is 4.01. The summed E-state index contributed by atoms with van der Waals surface area (Å²) in [5, 5.41) is 9.10. The summed E-state index contributed by atoms with van der Waals surface area (Å²) < 4.78 is 25.1. The van der Waals surface area contributed by atoms with Crippen molar-refractivity contribution in [2.24, 2.45) is 0 Å². The Morgan fingerprint density at radius 3 is 2.89 bits per heavy atom. The van der Waals surface area contributed by atoms with E-state index >= 15 is 0 Å². The number of nitrogens with one attached hydrogen (secondary N) is 1. The lowest BCUT2D eigenvalue weighted by atomic mass is 10.0. The SMILES string of the molecule is CS(=O)(=O)Nc1ccc[c]c1-c1cncc(CO)c1. The molecule has 1 heterocycles. The molecule has 2 rings (SSSR count). The molecule has 0 amide bonds. The number of anilines is 1. The van der Waals surface area contributed by atoms with E-state index in [9.17, 15) is 8.42 Å². The zero-order valence-electron chi connectivity index (χ0n) is 10.3. The summed E-state index contributed by atoms with van der Waals surface area (Å²) in [6.07, 6.45) is 4.24. The second kappa shape index (κ2) is 5.38. The minimum atomic E-state index is -3.36. The summed E-state index contributed by atoms with van der Waals surface area (Å²) in [5.74, 6) is 0. The van der Waals surface area contributed by atoms with Gasteiger partial charge >= 0.3 is 0 Å². The quantitative estimate of drug-likeness (QED) is 0.885. The van der Waals surface area contributed by atoms with Crippen LogP contribution in [0.1, 0.15) is 5.56 Å². The molecule has 19 heavy (non-hydrogen) atoms. The summed E-state index contributed by atoms with van der Waals surface area (Å²) in [6, 6.07) is 9.76. The van der Waals surface area contributed by atoms with E-state index in [1.807, 2.05) is 0 Å². The second-order valence-corrected chi connectivity index (χ2v) is 5.82. The van der Waals surface area contributed by atoms with Crippen LogP contribution >= 0.6 is 0 Å². The van der Waals surface area contributed by atoms with Crippen molar-refractivity contribution in [1.29, 1.82) is 0 Å². The Morgan fingerprint density at radius 2 is 2.21 bits per heavy atom. The van der Waals surface area contributed by atoms with Gasteiger partial charge in [-0.1, -0.05) is 12.1 Å². The first-order chi connectivity index (χ1) is 8.99. The van der Waals surface area contributed by atoms with E-state index < -0.39 is 10.0 Å². The van der Waals surface area contributed by atoms with Gasteiger partial charge in [-0.05, 0) is 23.8 Å². The predicted molar refractivity (Wildman–Crippen MR) is 72.9 cm³/mol. The van der Waals surface area contributed by atoms with E-state index in [1.54, 1.807) is 36.7 Å². The van der Waals surface area contributed by atoms with Gasteiger partial charge in [0.05, 0.1) is 18.6 Å². The van der Waals surface area contributed by atoms with Crippen molar-refractivity contribution in [2.45, 2.75) is 6.61 Å². The predicted octanol–water partition coefficient (Wildman–Crippen LogP) is 1.41. The Bertz CT molecular complexity index is 684. The third-order valence-corrected chi connectivity index (χ3v) is 3.01. The van der Waals surface area contributed by atoms with Crippen LogP contribution in [-0.4, -0.2) is 24.8 Å². The Morgan fingerprint density at radius 1 is 1.42 bits per heavy atom. The van der Waals surface area contributed by atoms with E-state index in [2.05, 4.69) is 15.8 Å². The minimum Gasteiger partial charge on any atom is -0.392 e. The highest BCUT2D eigenvalue weighted by Gasteiger charge is 2.09. The highest BCUT2D eigenvalue weighted by Crippen LogP contribution is 2.27. The molecule has 0 aliphatic carbocycles. The summed E-state index contributed by atoms with van der Waals surface area (Å²) in [7, 11) is -3.36. The average molecular weight is 277 g/mol. The number of aromatic nitrogens is 1. The normalized spacial score (nSPS) is 11.3. The number of nitrogens with zero attached hydrogens (tertiary/aromatic N) is 1. The number of pyridine rings is 1. The molecule has 0 aliphatic heterocycles. The van der Waals surface area contributed by atoms with Gasteiger partial charge in [-0.2, -0.15) is 0 Å². The first kappa shape index (κ1) is 13.5. The van der Waals surface area contributed by atoms with Crippen LogP contribution in [0.15, 0.2) is 36.7 Å². The van der Waals surface area contributed by atoms with E-state index in [-0.39, 0.29) is 6.61 Å². The Labute approximate surface area is 112 Å². The highest BCUT2D eigenvalue weighted by molar-refractivity contribution is 7.92. The van der Waals surface area contributed by atoms with Crippen molar-refractivity contribution in [3.63, 3.8) is 0 Å². The van der Waals surface area contributed by atoms with Gasteiger partial charge in [0.25, 0.3) is 0 Å². The first-order valence-electron chi connectivity index (χ1n) is 5.53. The van der Waals surface area contributed by atoms with Crippen LogP contribution in [0.3, 0.4) is 0 Å². The van der Waals surface area contributed by atoms with Gasteiger partial charge in [0, 0.05) is 23.5 Å². The molecule has 0 saturated carbocycles. The molecule has 6 heteroatoms. The number of hydrogen-bond acceptors (Lipinski definition) is 4. The summed E-state index contributed by atoms with van der Waals surface area (Å²) in [5.41, 5.74) is 2.37. The third-order valence-electron chi connectivity index (χ3n) is 2.42. The maximum Gasteiger partial charge on any atom is 0.229 e.